The van der Waals surface area contributed by atoms with Crippen molar-refractivity contribution in [3.05, 3.63) is 132 Å². The highest BCUT2D eigenvalue weighted by Crippen LogP contribution is 2.20. The van der Waals surface area contributed by atoms with Gasteiger partial charge >= 0.3 is 0 Å². The lowest BCUT2D eigenvalue weighted by atomic mass is 10.0. The van der Waals surface area contributed by atoms with Crippen LogP contribution in [0.25, 0.3) is 23.1 Å². The average molecular weight is 573 g/mol. The van der Waals surface area contributed by atoms with Crippen LogP contribution >= 0.6 is 0 Å². The fourth-order valence-electron chi connectivity index (χ4n) is 4.53. The maximum absolute atomic E-state index is 13.2. The van der Waals surface area contributed by atoms with Crippen LogP contribution in [0.2, 0.25) is 0 Å². The van der Waals surface area contributed by atoms with Gasteiger partial charge in [-0.05, 0) is 53.9 Å². The SMILES string of the molecule is CC(Oc1ccc(/C=C/c2ccccc2)cc1)C(=O)N[C@@H](Cc1c[nH]c2ccccc12)C(=O)N/N=C/c1ccccc1O. The third-order valence-corrected chi connectivity index (χ3v) is 6.88. The number of fused-ring (bicyclic) bond motifs is 1. The van der Waals surface area contributed by atoms with Gasteiger partial charge in [0.15, 0.2) is 6.10 Å². The predicted molar refractivity (Wildman–Crippen MR) is 170 cm³/mol. The third kappa shape index (κ3) is 7.77. The number of amides is 2. The van der Waals surface area contributed by atoms with Crippen LogP contribution in [0.5, 0.6) is 11.5 Å². The van der Waals surface area contributed by atoms with E-state index in [0.717, 1.165) is 27.6 Å². The monoisotopic (exact) mass is 572 g/mol. The lowest BCUT2D eigenvalue weighted by Crippen LogP contribution is -2.50. The largest absolute Gasteiger partial charge is 0.507 e. The van der Waals surface area contributed by atoms with Gasteiger partial charge in [-0.25, -0.2) is 5.43 Å². The molecule has 2 amide bonds. The fraction of sp³-hybridized carbons (Fsp3) is 0.114. The van der Waals surface area contributed by atoms with Gasteiger partial charge in [-0.2, -0.15) is 5.10 Å². The van der Waals surface area contributed by atoms with E-state index in [1.54, 1.807) is 37.3 Å². The number of hydrogen-bond acceptors (Lipinski definition) is 5. The van der Waals surface area contributed by atoms with Crippen molar-refractivity contribution in [2.24, 2.45) is 5.10 Å². The minimum Gasteiger partial charge on any atom is -0.507 e. The number of nitrogens with zero attached hydrogens (tertiary/aromatic N) is 1. The Bertz CT molecular complexity index is 1740. The minimum absolute atomic E-state index is 0.0374. The number of hydrogen-bond donors (Lipinski definition) is 4. The van der Waals surface area contributed by atoms with Crippen LogP contribution in [0, 0.1) is 0 Å². The quantitative estimate of drug-likeness (QED) is 0.0925. The average Bonchev–Trinajstić information content (AvgIpc) is 3.44. The zero-order valence-electron chi connectivity index (χ0n) is 23.6. The second kappa shape index (κ2) is 13.8. The zero-order chi connectivity index (χ0) is 30.0. The Balaban J connectivity index is 1.25. The summed E-state index contributed by atoms with van der Waals surface area (Å²) in [6.45, 7) is 1.63. The van der Waals surface area contributed by atoms with Gasteiger partial charge in [0.1, 0.15) is 17.5 Å². The molecule has 1 aromatic heterocycles. The number of rotatable bonds is 11. The zero-order valence-corrected chi connectivity index (χ0v) is 23.6. The van der Waals surface area contributed by atoms with Gasteiger partial charge in [0.2, 0.25) is 0 Å². The molecule has 0 saturated heterocycles. The summed E-state index contributed by atoms with van der Waals surface area (Å²) < 4.78 is 5.90. The Labute approximate surface area is 249 Å². The number of nitrogens with one attached hydrogen (secondary N) is 3. The van der Waals surface area contributed by atoms with Crippen LogP contribution in [0.15, 0.2) is 114 Å². The number of carbonyl (C=O) groups is 2. The number of phenols is 1. The van der Waals surface area contributed by atoms with Crippen LogP contribution < -0.4 is 15.5 Å². The first-order valence-electron chi connectivity index (χ1n) is 13.9. The second-order valence-corrected chi connectivity index (χ2v) is 9.99. The van der Waals surface area contributed by atoms with Gasteiger partial charge in [0.25, 0.3) is 11.8 Å². The van der Waals surface area contributed by atoms with Crippen molar-refractivity contribution < 1.29 is 19.4 Å². The van der Waals surface area contributed by atoms with E-state index in [2.05, 4.69) is 20.8 Å². The van der Waals surface area contributed by atoms with Gasteiger partial charge in [0, 0.05) is 29.1 Å². The molecule has 0 saturated carbocycles. The summed E-state index contributed by atoms with van der Waals surface area (Å²) in [4.78, 5) is 29.7. The molecular weight excluding hydrogens is 540 g/mol. The highest BCUT2D eigenvalue weighted by atomic mass is 16.5. The molecule has 5 aromatic rings. The maximum atomic E-state index is 13.2. The number of aromatic hydroxyl groups is 1. The number of phenolic OH excluding ortho intramolecular Hbond substituents is 1. The van der Waals surface area contributed by atoms with E-state index in [9.17, 15) is 14.7 Å². The van der Waals surface area contributed by atoms with E-state index in [1.165, 1.54) is 12.3 Å². The molecule has 1 unspecified atom stereocenters. The summed E-state index contributed by atoms with van der Waals surface area (Å²) in [6.07, 6.45) is 6.57. The highest BCUT2D eigenvalue weighted by Gasteiger charge is 2.25. The lowest BCUT2D eigenvalue weighted by molar-refractivity contribution is -0.132. The Morgan fingerprint density at radius 2 is 1.53 bits per heavy atom. The summed E-state index contributed by atoms with van der Waals surface area (Å²) in [5.74, 6) is -0.385. The van der Waals surface area contributed by atoms with E-state index in [1.807, 2.05) is 85.1 Å². The molecule has 0 spiro atoms. The molecule has 0 radical (unpaired) electrons. The van der Waals surface area contributed by atoms with Crippen LogP contribution in [0.3, 0.4) is 0 Å². The first-order valence-corrected chi connectivity index (χ1v) is 13.9. The predicted octanol–water partition coefficient (Wildman–Crippen LogP) is 5.69. The van der Waals surface area contributed by atoms with Crippen LogP contribution in [0.1, 0.15) is 29.2 Å². The number of para-hydroxylation sites is 2. The summed E-state index contributed by atoms with van der Waals surface area (Å²) in [5, 5.41) is 17.7. The number of aromatic amines is 1. The molecule has 4 N–H and O–H groups in total. The molecule has 216 valence electrons. The van der Waals surface area contributed by atoms with Gasteiger partial charge in [-0.1, -0.05) is 84.9 Å². The number of hydrazone groups is 1. The molecule has 1 heterocycles. The van der Waals surface area contributed by atoms with Crippen LogP contribution in [-0.2, 0) is 16.0 Å². The number of H-pyrrole nitrogens is 1. The molecule has 2 atom stereocenters. The van der Waals surface area contributed by atoms with E-state index in [-0.39, 0.29) is 12.2 Å². The molecule has 4 aromatic carbocycles. The van der Waals surface area contributed by atoms with Crippen LogP contribution in [0.4, 0.5) is 0 Å². The maximum Gasteiger partial charge on any atom is 0.262 e. The first-order chi connectivity index (χ1) is 21.0. The minimum atomic E-state index is -0.940. The molecule has 0 bridgehead atoms. The Morgan fingerprint density at radius 1 is 0.860 bits per heavy atom. The van der Waals surface area contributed by atoms with Gasteiger partial charge in [-0.15, -0.1) is 0 Å². The topological polar surface area (TPSA) is 116 Å². The van der Waals surface area contributed by atoms with Crippen molar-refractivity contribution in [1.82, 2.24) is 15.7 Å². The van der Waals surface area contributed by atoms with Gasteiger partial charge in [0.05, 0.1) is 6.21 Å². The van der Waals surface area contributed by atoms with Gasteiger partial charge in [-0.3, -0.25) is 9.59 Å². The van der Waals surface area contributed by atoms with Crippen molar-refractivity contribution in [2.75, 3.05) is 0 Å². The molecule has 43 heavy (non-hydrogen) atoms. The normalized spacial score (nSPS) is 12.8. The second-order valence-electron chi connectivity index (χ2n) is 9.99. The third-order valence-electron chi connectivity index (χ3n) is 6.88. The summed E-state index contributed by atoms with van der Waals surface area (Å²) in [7, 11) is 0. The summed E-state index contributed by atoms with van der Waals surface area (Å²) in [5.41, 5.74) is 6.83. The van der Waals surface area contributed by atoms with Crippen LogP contribution in [-0.4, -0.2) is 40.3 Å². The number of carbonyl (C=O) groups excluding carboxylic acids is 2. The number of aromatic nitrogens is 1. The number of benzene rings is 4. The first kappa shape index (κ1) is 28.9. The van der Waals surface area contributed by atoms with E-state index >= 15 is 0 Å². The smallest absolute Gasteiger partial charge is 0.262 e. The molecule has 0 aliphatic carbocycles. The molecule has 8 nitrogen and oxygen atoms in total. The van der Waals surface area contributed by atoms with Crippen molar-refractivity contribution >= 4 is 41.1 Å². The molecule has 0 aliphatic rings. The molecule has 5 rings (SSSR count). The fourth-order valence-corrected chi connectivity index (χ4v) is 4.53. The van der Waals surface area contributed by atoms with Gasteiger partial charge < -0.3 is 20.1 Å². The van der Waals surface area contributed by atoms with E-state index in [0.29, 0.717) is 11.3 Å². The van der Waals surface area contributed by atoms with Crippen molar-refractivity contribution in [1.29, 1.82) is 0 Å². The lowest BCUT2D eigenvalue weighted by Gasteiger charge is -2.20. The van der Waals surface area contributed by atoms with E-state index in [4.69, 9.17) is 4.74 Å². The van der Waals surface area contributed by atoms with Crippen molar-refractivity contribution in [3.63, 3.8) is 0 Å². The Hall–Kier alpha value is -5.63. The van der Waals surface area contributed by atoms with E-state index < -0.39 is 24.0 Å². The van der Waals surface area contributed by atoms with Crippen molar-refractivity contribution in [2.45, 2.75) is 25.5 Å². The Morgan fingerprint density at radius 3 is 2.30 bits per heavy atom. The molecule has 0 fully saturated rings. The molecular formula is C35H32N4O4. The number of ether oxygens (including phenoxy) is 1. The standard InChI is InChI=1S/C35H32N4O4/c1-24(43-29-19-17-26(18-20-29)16-15-25-9-3-2-4-10-25)34(41)38-32(21-28-22-36-31-13-7-6-12-30(28)31)35(42)39-37-23-27-11-5-8-14-33(27)40/h2-20,22-24,32,36,40H,21H2,1H3,(H,38,41)(H,39,42)/b16-15+,37-23+/t24?,32-/m0/s1. The Kier molecular flexibility index (Phi) is 9.29. The summed E-state index contributed by atoms with van der Waals surface area (Å²) in [6, 6.07) is 30.9. The molecule has 0 aliphatic heterocycles. The summed E-state index contributed by atoms with van der Waals surface area (Å²) >= 11 is 0. The molecule has 8 heteroatoms. The van der Waals surface area contributed by atoms with Crippen molar-refractivity contribution in [3.8, 4) is 11.5 Å². The highest BCUT2D eigenvalue weighted by molar-refractivity contribution is 5.92.